The number of nitrogens with one attached hydrogen (secondary N) is 1. The lowest BCUT2D eigenvalue weighted by Crippen LogP contribution is -2.30. The summed E-state index contributed by atoms with van der Waals surface area (Å²) in [5.41, 5.74) is 9.55. The molecule has 1 heterocycles. The fraction of sp³-hybridized carbons (Fsp3) is 0.471. The van der Waals surface area contributed by atoms with Crippen LogP contribution in [0.15, 0.2) is 24.3 Å². The summed E-state index contributed by atoms with van der Waals surface area (Å²) in [6.07, 6.45) is 4.57. The molecule has 3 rings (SSSR count). The highest BCUT2D eigenvalue weighted by Crippen LogP contribution is 2.26. The quantitative estimate of drug-likeness (QED) is 0.655. The lowest BCUT2D eigenvalue weighted by Gasteiger charge is -2.18. The van der Waals surface area contributed by atoms with E-state index in [-0.39, 0.29) is 6.04 Å². The first-order chi connectivity index (χ1) is 10.2. The Hall–Kier alpha value is -1.65. The van der Waals surface area contributed by atoms with E-state index in [1.165, 1.54) is 41.6 Å². The van der Waals surface area contributed by atoms with Crippen molar-refractivity contribution in [1.29, 1.82) is 0 Å². The van der Waals surface area contributed by atoms with Crippen LogP contribution >= 0.6 is 0 Å². The second-order valence-corrected chi connectivity index (χ2v) is 5.90. The molecule has 1 unspecified atom stereocenters. The van der Waals surface area contributed by atoms with Gasteiger partial charge in [-0.3, -0.25) is 16.0 Å². The van der Waals surface area contributed by atoms with Crippen molar-refractivity contribution < 1.29 is 0 Å². The Labute approximate surface area is 126 Å². The zero-order valence-corrected chi connectivity index (χ0v) is 12.9. The Bertz CT molecular complexity index is 630. The predicted molar refractivity (Wildman–Crippen MR) is 84.9 cm³/mol. The molecule has 4 heteroatoms. The van der Waals surface area contributed by atoms with Gasteiger partial charge < -0.3 is 0 Å². The van der Waals surface area contributed by atoms with E-state index in [1.54, 1.807) is 0 Å². The van der Waals surface area contributed by atoms with Crippen molar-refractivity contribution in [2.24, 2.45) is 5.84 Å². The molecule has 1 atom stereocenters. The van der Waals surface area contributed by atoms with Crippen molar-refractivity contribution in [3.8, 4) is 0 Å². The van der Waals surface area contributed by atoms with Gasteiger partial charge in [0.25, 0.3) is 0 Å². The summed E-state index contributed by atoms with van der Waals surface area (Å²) in [5.74, 6) is 5.82. The molecule has 0 amide bonds. The summed E-state index contributed by atoms with van der Waals surface area (Å²) in [4.78, 5) is 0. The number of hydrazine groups is 1. The molecule has 3 N–H and O–H groups in total. The number of rotatable bonds is 5. The molecule has 0 radical (unpaired) electrons. The van der Waals surface area contributed by atoms with Gasteiger partial charge in [0.2, 0.25) is 0 Å². The Morgan fingerprint density at radius 3 is 2.86 bits per heavy atom. The summed E-state index contributed by atoms with van der Waals surface area (Å²) in [6, 6.07) is 9.10. The molecule has 0 saturated heterocycles. The Balaban J connectivity index is 1.84. The minimum Gasteiger partial charge on any atom is -0.271 e. The first kappa shape index (κ1) is 14.3. The van der Waals surface area contributed by atoms with Crippen molar-refractivity contribution in [3.63, 3.8) is 0 Å². The summed E-state index contributed by atoms with van der Waals surface area (Å²) in [7, 11) is 0. The monoisotopic (exact) mass is 284 g/mol. The number of hydrogen-bond acceptors (Lipinski definition) is 3. The predicted octanol–water partition coefficient (Wildman–Crippen LogP) is 2.45. The Morgan fingerprint density at radius 1 is 1.29 bits per heavy atom. The van der Waals surface area contributed by atoms with Crippen molar-refractivity contribution in [3.05, 3.63) is 52.3 Å². The normalized spacial score (nSPS) is 15.2. The van der Waals surface area contributed by atoms with Crippen LogP contribution in [0.3, 0.4) is 0 Å². The maximum Gasteiger partial charge on any atom is 0.0596 e. The van der Waals surface area contributed by atoms with Gasteiger partial charge in [-0.25, -0.2) is 0 Å². The fourth-order valence-corrected chi connectivity index (χ4v) is 3.33. The summed E-state index contributed by atoms with van der Waals surface area (Å²) in [5, 5.41) is 4.52. The van der Waals surface area contributed by atoms with Gasteiger partial charge in [0.15, 0.2) is 0 Å². The number of nitrogens with zero attached hydrogens (tertiary/aromatic N) is 2. The number of hydrogen-bond donors (Lipinski definition) is 2. The van der Waals surface area contributed by atoms with E-state index in [2.05, 4.69) is 46.4 Å². The molecule has 2 aromatic rings. The Kier molecular flexibility index (Phi) is 4.08. The molecule has 21 heavy (non-hydrogen) atoms. The standard InChI is InChI=1S/C17H24N4/c1-3-21-16(9-12(2)20-21)11-17(19-18)15-8-7-13-5-4-6-14(13)10-15/h7-10,17,19H,3-6,11,18H2,1-2H3. The van der Waals surface area contributed by atoms with E-state index in [0.717, 1.165) is 18.7 Å². The van der Waals surface area contributed by atoms with E-state index < -0.39 is 0 Å². The zero-order chi connectivity index (χ0) is 14.8. The average molecular weight is 284 g/mol. The molecular formula is C17H24N4. The van der Waals surface area contributed by atoms with E-state index in [0.29, 0.717) is 0 Å². The number of nitrogens with two attached hydrogens (primary N) is 1. The fourth-order valence-electron chi connectivity index (χ4n) is 3.33. The third kappa shape index (κ3) is 2.87. The molecular weight excluding hydrogens is 260 g/mol. The van der Waals surface area contributed by atoms with Crippen LogP contribution in [0.2, 0.25) is 0 Å². The number of aryl methyl sites for hydroxylation is 4. The lowest BCUT2D eigenvalue weighted by atomic mass is 9.98. The van der Waals surface area contributed by atoms with Crippen LogP contribution in [0.5, 0.6) is 0 Å². The molecule has 1 aliphatic carbocycles. The van der Waals surface area contributed by atoms with Gasteiger partial charge >= 0.3 is 0 Å². The van der Waals surface area contributed by atoms with Gasteiger partial charge in [0, 0.05) is 18.7 Å². The molecule has 112 valence electrons. The minimum absolute atomic E-state index is 0.136. The summed E-state index contributed by atoms with van der Waals surface area (Å²) < 4.78 is 2.06. The molecule has 0 aliphatic heterocycles. The first-order valence-electron chi connectivity index (χ1n) is 7.82. The summed E-state index contributed by atoms with van der Waals surface area (Å²) >= 11 is 0. The van der Waals surface area contributed by atoms with E-state index in [1.807, 2.05) is 6.92 Å². The van der Waals surface area contributed by atoms with Crippen LogP contribution in [-0.4, -0.2) is 9.78 Å². The SMILES string of the molecule is CCn1nc(C)cc1CC(NN)c1ccc2c(c1)CCC2. The molecule has 1 aromatic heterocycles. The largest absolute Gasteiger partial charge is 0.271 e. The van der Waals surface area contributed by atoms with Crippen LogP contribution < -0.4 is 11.3 Å². The van der Waals surface area contributed by atoms with E-state index in [9.17, 15) is 0 Å². The maximum absolute atomic E-state index is 5.82. The van der Waals surface area contributed by atoms with Crippen LogP contribution in [0, 0.1) is 6.92 Å². The van der Waals surface area contributed by atoms with Gasteiger partial charge in [0.1, 0.15) is 0 Å². The minimum atomic E-state index is 0.136. The first-order valence-corrected chi connectivity index (χ1v) is 7.82. The van der Waals surface area contributed by atoms with Gasteiger partial charge in [-0.15, -0.1) is 0 Å². The van der Waals surface area contributed by atoms with Crippen molar-refractivity contribution in [2.75, 3.05) is 0 Å². The van der Waals surface area contributed by atoms with E-state index in [4.69, 9.17) is 5.84 Å². The number of benzene rings is 1. The third-order valence-electron chi connectivity index (χ3n) is 4.42. The lowest BCUT2D eigenvalue weighted by molar-refractivity contribution is 0.516. The van der Waals surface area contributed by atoms with Gasteiger partial charge in [-0.1, -0.05) is 18.2 Å². The third-order valence-corrected chi connectivity index (χ3v) is 4.42. The zero-order valence-electron chi connectivity index (χ0n) is 12.9. The topological polar surface area (TPSA) is 55.9 Å². The number of aromatic nitrogens is 2. The van der Waals surface area contributed by atoms with Gasteiger partial charge in [-0.05, 0) is 55.9 Å². The molecule has 1 aromatic carbocycles. The second-order valence-electron chi connectivity index (χ2n) is 5.90. The second kappa shape index (κ2) is 6.00. The number of fused-ring (bicyclic) bond motifs is 1. The average Bonchev–Trinajstić information content (AvgIpc) is 3.09. The molecule has 0 spiro atoms. The van der Waals surface area contributed by atoms with Crippen LogP contribution in [0.4, 0.5) is 0 Å². The van der Waals surface area contributed by atoms with Crippen molar-refractivity contribution >= 4 is 0 Å². The smallest absolute Gasteiger partial charge is 0.0596 e. The van der Waals surface area contributed by atoms with Crippen LogP contribution in [-0.2, 0) is 25.8 Å². The van der Waals surface area contributed by atoms with Gasteiger partial charge in [-0.2, -0.15) is 5.10 Å². The maximum atomic E-state index is 5.82. The summed E-state index contributed by atoms with van der Waals surface area (Å²) in [6.45, 7) is 5.05. The molecule has 4 nitrogen and oxygen atoms in total. The van der Waals surface area contributed by atoms with Gasteiger partial charge in [0.05, 0.1) is 11.7 Å². The molecule has 1 aliphatic rings. The van der Waals surface area contributed by atoms with Crippen LogP contribution in [0.1, 0.15) is 47.5 Å². The highest BCUT2D eigenvalue weighted by Gasteiger charge is 2.17. The van der Waals surface area contributed by atoms with E-state index >= 15 is 0 Å². The van der Waals surface area contributed by atoms with Crippen molar-refractivity contribution in [2.45, 2.75) is 52.1 Å². The molecule has 0 bridgehead atoms. The highest BCUT2D eigenvalue weighted by molar-refractivity contribution is 5.37. The highest BCUT2D eigenvalue weighted by atomic mass is 15.3. The van der Waals surface area contributed by atoms with Crippen molar-refractivity contribution in [1.82, 2.24) is 15.2 Å². The molecule has 0 saturated carbocycles. The molecule has 0 fully saturated rings. The van der Waals surface area contributed by atoms with Crippen LogP contribution in [0.25, 0.3) is 0 Å². The Morgan fingerprint density at radius 2 is 2.10 bits per heavy atom.